The number of aliphatic imine (C=N–C) groups is 1. The molecule has 5 heteroatoms. The van der Waals surface area contributed by atoms with E-state index in [2.05, 4.69) is 40.1 Å². The fourth-order valence-electron chi connectivity index (χ4n) is 1.93. The summed E-state index contributed by atoms with van der Waals surface area (Å²) in [5.41, 5.74) is 1.14. The molecule has 0 spiro atoms. The molecule has 20 heavy (non-hydrogen) atoms. The fourth-order valence-corrected chi connectivity index (χ4v) is 2.58. The number of nitrogens with zero attached hydrogens (tertiary/aromatic N) is 1. The van der Waals surface area contributed by atoms with Crippen molar-refractivity contribution in [2.24, 2.45) is 4.99 Å². The van der Waals surface area contributed by atoms with Crippen LogP contribution in [0, 0.1) is 13.8 Å². The number of hydrogen-bond acceptors (Lipinski definition) is 3. The summed E-state index contributed by atoms with van der Waals surface area (Å²) in [5.74, 6) is 2.71. The third kappa shape index (κ3) is 4.13. The van der Waals surface area contributed by atoms with Gasteiger partial charge in [-0.15, -0.1) is 11.3 Å². The molecule has 108 valence electrons. The van der Waals surface area contributed by atoms with Gasteiger partial charge in [0.1, 0.15) is 11.5 Å². The zero-order valence-corrected chi connectivity index (χ0v) is 13.0. The average Bonchev–Trinajstić information content (AvgIpc) is 3.03. The Kier molecular flexibility index (Phi) is 5.24. The topological polar surface area (TPSA) is 49.6 Å². The predicted molar refractivity (Wildman–Crippen MR) is 84.2 cm³/mol. The van der Waals surface area contributed by atoms with Crippen molar-refractivity contribution in [3.63, 3.8) is 0 Å². The van der Waals surface area contributed by atoms with Gasteiger partial charge >= 0.3 is 0 Å². The van der Waals surface area contributed by atoms with E-state index in [4.69, 9.17) is 4.42 Å². The number of hydrogen-bond donors (Lipinski definition) is 2. The van der Waals surface area contributed by atoms with Crippen molar-refractivity contribution in [2.45, 2.75) is 33.9 Å². The molecule has 0 aliphatic rings. The van der Waals surface area contributed by atoms with Crippen molar-refractivity contribution < 1.29 is 4.42 Å². The van der Waals surface area contributed by atoms with Crippen molar-refractivity contribution in [2.75, 3.05) is 6.54 Å². The Morgan fingerprint density at radius 1 is 1.35 bits per heavy atom. The molecule has 0 aliphatic carbocycles. The molecular weight excluding hydrogens is 270 g/mol. The molecule has 2 N–H and O–H groups in total. The minimum Gasteiger partial charge on any atom is -0.466 e. The second-order valence-electron chi connectivity index (χ2n) is 4.57. The SMILES string of the molecule is CCNC(=NCc1cc(C)oc1C)NCc1cccs1. The van der Waals surface area contributed by atoms with Crippen LogP contribution in [0.15, 0.2) is 33.0 Å². The van der Waals surface area contributed by atoms with Gasteiger partial charge in [-0.2, -0.15) is 0 Å². The summed E-state index contributed by atoms with van der Waals surface area (Å²) in [6, 6.07) is 6.22. The number of aryl methyl sites for hydroxylation is 2. The maximum absolute atomic E-state index is 5.52. The smallest absolute Gasteiger partial charge is 0.191 e. The molecule has 0 amide bonds. The van der Waals surface area contributed by atoms with Crippen LogP contribution in [0.2, 0.25) is 0 Å². The molecule has 2 aromatic rings. The second-order valence-corrected chi connectivity index (χ2v) is 5.60. The van der Waals surface area contributed by atoms with Crippen molar-refractivity contribution in [1.82, 2.24) is 10.6 Å². The third-order valence-corrected chi connectivity index (χ3v) is 3.78. The Labute approximate surface area is 123 Å². The summed E-state index contributed by atoms with van der Waals surface area (Å²) in [6.07, 6.45) is 0. The largest absolute Gasteiger partial charge is 0.466 e. The van der Waals surface area contributed by atoms with Gasteiger partial charge in [0.25, 0.3) is 0 Å². The Hall–Kier alpha value is -1.75. The molecule has 0 unspecified atom stereocenters. The molecule has 4 nitrogen and oxygen atoms in total. The highest BCUT2D eigenvalue weighted by molar-refractivity contribution is 7.09. The maximum atomic E-state index is 5.52. The van der Waals surface area contributed by atoms with E-state index in [9.17, 15) is 0 Å². The van der Waals surface area contributed by atoms with Crippen LogP contribution in [0.3, 0.4) is 0 Å². The van der Waals surface area contributed by atoms with Crippen molar-refractivity contribution >= 4 is 17.3 Å². The molecule has 0 saturated carbocycles. The molecule has 0 aliphatic heterocycles. The summed E-state index contributed by atoms with van der Waals surface area (Å²) < 4.78 is 5.52. The first-order valence-corrected chi connectivity index (χ1v) is 7.67. The molecule has 0 aromatic carbocycles. The fraction of sp³-hybridized carbons (Fsp3) is 0.400. The lowest BCUT2D eigenvalue weighted by Gasteiger charge is -2.10. The van der Waals surface area contributed by atoms with Crippen LogP contribution in [0.5, 0.6) is 0 Å². The van der Waals surface area contributed by atoms with E-state index in [1.165, 1.54) is 4.88 Å². The lowest BCUT2D eigenvalue weighted by molar-refractivity contribution is 0.501. The summed E-state index contributed by atoms with van der Waals surface area (Å²) in [6.45, 7) is 8.27. The molecule has 0 bridgehead atoms. The van der Waals surface area contributed by atoms with Gasteiger partial charge in [-0.3, -0.25) is 0 Å². The quantitative estimate of drug-likeness (QED) is 0.657. The van der Waals surface area contributed by atoms with E-state index in [0.29, 0.717) is 6.54 Å². The molecule has 0 atom stereocenters. The number of furan rings is 1. The van der Waals surface area contributed by atoms with Gasteiger partial charge in [0.15, 0.2) is 5.96 Å². The number of guanidine groups is 1. The van der Waals surface area contributed by atoms with Gasteiger partial charge in [0, 0.05) is 17.0 Å². The normalized spacial score (nSPS) is 11.7. The highest BCUT2D eigenvalue weighted by atomic mass is 32.1. The van der Waals surface area contributed by atoms with Gasteiger partial charge in [-0.05, 0) is 38.3 Å². The second kappa shape index (κ2) is 7.14. The lowest BCUT2D eigenvalue weighted by Crippen LogP contribution is -2.36. The molecule has 2 aromatic heterocycles. The monoisotopic (exact) mass is 291 g/mol. The van der Waals surface area contributed by atoms with E-state index < -0.39 is 0 Å². The van der Waals surface area contributed by atoms with Crippen LogP contribution in [0.25, 0.3) is 0 Å². The molecule has 0 fully saturated rings. The van der Waals surface area contributed by atoms with Crippen LogP contribution >= 0.6 is 11.3 Å². The average molecular weight is 291 g/mol. The Balaban J connectivity index is 1.96. The molecule has 0 radical (unpaired) electrons. The summed E-state index contributed by atoms with van der Waals surface area (Å²) >= 11 is 1.74. The van der Waals surface area contributed by atoms with E-state index in [-0.39, 0.29) is 0 Å². The highest BCUT2D eigenvalue weighted by Gasteiger charge is 2.04. The summed E-state index contributed by atoms with van der Waals surface area (Å²) in [7, 11) is 0. The lowest BCUT2D eigenvalue weighted by atomic mass is 10.2. The van der Waals surface area contributed by atoms with E-state index in [1.807, 2.05) is 19.9 Å². The molecular formula is C15H21N3OS. The summed E-state index contributed by atoms with van der Waals surface area (Å²) in [5, 5.41) is 8.67. The van der Waals surface area contributed by atoms with Gasteiger partial charge in [0.2, 0.25) is 0 Å². The third-order valence-electron chi connectivity index (χ3n) is 2.91. The first-order valence-electron chi connectivity index (χ1n) is 6.79. The van der Waals surface area contributed by atoms with Gasteiger partial charge < -0.3 is 15.1 Å². The van der Waals surface area contributed by atoms with Gasteiger partial charge in [0.05, 0.1) is 13.1 Å². The summed E-state index contributed by atoms with van der Waals surface area (Å²) in [4.78, 5) is 5.89. The van der Waals surface area contributed by atoms with Crippen LogP contribution in [-0.2, 0) is 13.1 Å². The van der Waals surface area contributed by atoms with Crippen molar-refractivity contribution in [3.05, 3.63) is 45.5 Å². The number of rotatable bonds is 5. The molecule has 2 rings (SSSR count). The minimum absolute atomic E-state index is 0.628. The number of thiophene rings is 1. The zero-order chi connectivity index (χ0) is 14.4. The van der Waals surface area contributed by atoms with Gasteiger partial charge in [-0.1, -0.05) is 6.07 Å². The van der Waals surface area contributed by atoms with Crippen LogP contribution in [-0.4, -0.2) is 12.5 Å². The van der Waals surface area contributed by atoms with E-state index >= 15 is 0 Å². The first-order chi connectivity index (χ1) is 9.69. The molecule has 2 heterocycles. The Morgan fingerprint density at radius 2 is 2.20 bits per heavy atom. The van der Waals surface area contributed by atoms with Gasteiger partial charge in [-0.25, -0.2) is 4.99 Å². The Morgan fingerprint density at radius 3 is 2.80 bits per heavy atom. The predicted octanol–water partition coefficient (Wildman–Crippen LogP) is 3.21. The van der Waals surface area contributed by atoms with Crippen molar-refractivity contribution in [3.8, 4) is 0 Å². The maximum Gasteiger partial charge on any atom is 0.191 e. The Bertz CT molecular complexity index is 558. The standard InChI is InChI=1S/C15H21N3OS/c1-4-16-15(18-10-14-6-5-7-20-14)17-9-13-8-11(2)19-12(13)3/h5-8H,4,9-10H2,1-3H3,(H2,16,17,18). The van der Waals surface area contributed by atoms with Crippen molar-refractivity contribution in [1.29, 1.82) is 0 Å². The number of nitrogens with one attached hydrogen (secondary N) is 2. The minimum atomic E-state index is 0.628. The highest BCUT2D eigenvalue weighted by Crippen LogP contribution is 2.14. The van der Waals surface area contributed by atoms with E-state index in [0.717, 1.165) is 36.1 Å². The molecule has 0 saturated heterocycles. The zero-order valence-electron chi connectivity index (χ0n) is 12.2. The van der Waals surface area contributed by atoms with E-state index in [1.54, 1.807) is 11.3 Å². The van der Waals surface area contributed by atoms with Crippen LogP contribution in [0.4, 0.5) is 0 Å². The van der Waals surface area contributed by atoms with Crippen LogP contribution in [0.1, 0.15) is 28.9 Å². The van der Waals surface area contributed by atoms with Crippen LogP contribution < -0.4 is 10.6 Å². The first kappa shape index (κ1) is 14.7.